The Balaban J connectivity index is 3.67. The molecule has 0 saturated heterocycles. The highest BCUT2D eigenvalue weighted by atomic mass is 16.6. The number of nitrogens with one attached hydrogen (secondary N) is 2. The summed E-state index contributed by atoms with van der Waals surface area (Å²) in [5.74, 6) is -0.220. The van der Waals surface area contributed by atoms with Gasteiger partial charge in [0.25, 0.3) is 0 Å². The normalized spacial score (nSPS) is 12.7. The molecule has 0 fully saturated rings. The first-order valence-corrected chi connectivity index (χ1v) is 6.60. The van der Waals surface area contributed by atoms with Crippen molar-refractivity contribution < 1.29 is 19.1 Å². The van der Waals surface area contributed by atoms with Crippen molar-refractivity contribution in [1.29, 1.82) is 0 Å². The molecule has 0 aliphatic heterocycles. The summed E-state index contributed by atoms with van der Waals surface area (Å²) in [5, 5.41) is 5.78. The van der Waals surface area contributed by atoms with Crippen LogP contribution >= 0.6 is 0 Å². The number of carbonyl (C=O) groups excluding carboxylic acids is 2. The third kappa shape index (κ3) is 11.5. The molecule has 0 saturated carbocycles. The summed E-state index contributed by atoms with van der Waals surface area (Å²) < 4.78 is 9.92. The van der Waals surface area contributed by atoms with Crippen molar-refractivity contribution in [1.82, 2.24) is 10.6 Å². The third-order valence-electron chi connectivity index (χ3n) is 2.08. The molecule has 2 N–H and O–H groups in total. The van der Waals surface area contributed by atoms with Gasteiger partial charge in [-0.15, -0.1) is 0 Å². The maximum absolute atomic E-state index is 11.4. The standard InChI is InChI=1S/C13H26N2O4/c1-6-18-11(16)7-8-14-10(2)9-15-12(17)19-13(3,4)5/h10,14H,6-9H2,1-5H3,(H,15,17). The van der Waals surface area contributed by atoms with Crippen molar-refractivity contribution in [3.63, 3.8) is 0 Å². The van der Waals surface area contributed by atoms with E-state index in [1.54, 1.807) is 6.92 Å². The number of ether oxygens (including phenoxy) is 2. The second-order valence-corrected chi connectivity index (χ2v) is 5.29. The average molecular weight is 274 g/mol. The SMILES string of the molecule is CCOC(=O)CCNC(C)CNC(=O)OC(C)(C)C. The Morgan fingerprint density at radius 3 is 2.42 bits per heavy atom. The molecule has 0 aliphatic carbocycles. The minimum atomic E-state index is -0.495. The van der Waals surface area contributed by atoms with E-state index in [9.17, 15) is 9.59 Å². The molecule has 0 bridgehead atoms. The highest BCUT2D eigenvalue weighted by Gasteiger charge is 2.16. The summed E-state index contributed by atoms with van der Waals surface area (Å²) in [6, 6.07) is 0.0574. The lowest BCUT2D eigenvalue weighted by Crippen LogP contribution is -2.41. The van der Waals surface area contributed by atoms with Crippen LogP contribution in [0.4, 0.5) is 4.79 Å². The summed E-state index contributed by atoms with van der Waals surface area (Å²) in [4.78, 5) is 22.5. The second kappa shape index (κ2) is 8.74. The molecule has 0 radical (unpaired) electrons. The van der Waals surface area contributed by atoms with Crippen molar-refractivity contribution >= 4 is 12.1 Å². The van der Waals surface area contributed by atoms with Gasteiger partial charge >= 0.3 is 12.1 Å². The maximum Gasteiger partial charge on any atom is 0.407 e. The molecule has 0 spiro atoms. The van der Waals surface area contributed by atoms with Gasteiger partial charge in [-0.25, -0.2) is 4.79 Å². The van der Waals surface area contributed by atoms with Crippen LogP contribution in [0, 0.1) is 0 Å². The summed E-state index contributed by atoms with van der Waals surface area (Å²) >= 11 is 0. The van der Waals surface area contributed by atoms with E-state index in [1.165, 1.54) is 0 Å². The van der Waals surface area contributed by atoms with Gasteiger partial charge in [-0.3, -0.25) is 4.79 Å². The van der Waals surface area contributed by atoms with Gasteiger partial charge in [0.05, 0.1) is 13.0 Å². The zero-order valence-corrected chi connectivity index (χ0v) is 12.5. The van der Waals surface area contributed by atoms with Crippen molar-refractivity contribution in [2.45, 2.75) is 52.7 Å². The van der Waals surface area contributed by atoms with E-state index < -0.39 is 11.7 Å². The van der Waals surface area contributed by atoms with E-state index in [1.807, 2.05) is 27.7 Å². The third-order valence-corrected chi connectivity index (χ3v) is 2.08. The Morgan fingerprint density at radius 1 is 1.26 bits per heavy atom. The zero-order valence-electron chi connectivity index (χ0n) is 12.5. The van der Waals surface area contributed by atoms with Crippen LogP contribution in [-0.4, -0.2) is 43.4 Å². The Hall–Kier alpha value is -1.30. The molecule has 1 atom stereocenters. The highest BCUT2D eigenvalue weighted by molar-refractivity contribution is 5.69. The Bertz CT molecular complexity index is 287. The van der Waals surface area contributed by atoms with Crippen LogP contribution in [0.15, 0.2) is 0 Å². The summed E-state index contributed by atoms with van der Waals surface area (Å²) in [7, 11) is 0. The van der Waals surface area contributed by atoms with Gasteiger partial charge in [0.15, 0.2) is 0 Å². The molecular weight excluding hydrogens is 248 g/mol. The van der Waals surface area contributed by atoms with Gasteiger partial charge in [0.2, 0.25) is 0 Å². The van der Waals surface area contributed by atoms with Crippen LogP contribution in [-0.2, 0) is 14.3 Å². The average Bonchev–Trinajstić information content (AvgIpc) is 2.24. The van der Waals surface area contributed by atoms with Gasteiger partial charge in [-0.2, -0.15) is 0 Å². The molecule has 0 aromatic rings. The van der Waals surface area contributed by atoms with E-state index in [-0.39, 0.29) is 12.0 Å². The van der Waals surface area contributed by atoms with Crippen molar-refractivity contribution in [3.8, 4) is 0 Å². The predicted molar refractivity (Wildman–Crippen MR) is 73.0 cm³/mol. The Morgan fingerprint density at radius 2 is 1.89 bits per heavy atom. The molecule has 0 rings (SSSR count). The molecule has 6 nitrogen and oxygen atoms in total. The van der Waals surface area contributed by atoms with Crippen LogP contribution in [0.1, 0.15) is 41.0 Å². The van der Waals surface area contributed by atoms with Crippen LogP contribution in [0.2, 0.25) is 0 Å². The van der Waals surface area contributed by atoms with Crippen LogP contribution in [0.5, 0.6) is 0 Å². The minimum Gasteiger partial charge on any atom is -0.466 e. The molecule has 112 valence electrons. The fourth-order valence-corrected chi connectivity index (χ4v) is 1.28. The maximum atomic E-state index is 11.4. The summed E-state index contributed by atoms with van der Waals surface area (Å²) in [6.07, 6.45) is -0.114. The first kappa shape index (κ1) is 17.7. The van der Waals surface area contributed by atoms with Crippen molar-refractivity contribution in [2.75, 3.05) is 19.7 Å². The number of amides is 1. The van der Waals surface area contributed by atoms with Crippen LogP contribution in [0.3, 0.4) is 0 Å². The number of esters is 1. The largest absolute Gasteiger partial charge is 0.466 e. The topological polar surface area (TPSA) is 76.7 Å². The molecule has 1 unspecified atom stereocenters. The van der Waals surface area contributed by atoms with E-state index in [4.69, 9.17) is 9.47 Å². The van der Waals surface area contributed by atoms with Crippen molar-refractivity contribution in [3.05, 3.63) is 0 Å². The quantitative estimate of drug-likeness (QED) is 0.687. The lowest BCUT2D eigenvalue weighted by atomic mass is 10.2. The van der Waals surface area contributed by atoms with Gasteiger partial charge in [0.1, 0.15) is 5.60 Å². The molecule has 0 heterocycles. The monoisotopic (exact) mass is 274 g/mol. The molecule has 0 aromatic heterocycles. The van der Waals surface area contributed by atoms with E-state index in [0.717, 1.165) is 0 Å². The smallest absolute Gasteiger partial charge is 0.407 e. The van der Waals surface area contributed by atoms with E-state index in [2.05, 4.69) is 10.6 Å². The van der Waals surface area contributed by atoms with E-state index in [0.29, 0.717) is 26.1 Å². The number of hydrogen-bond donors (Lipinski definition) is 2. The summed E-state index contributed by atoms with van der Waals surface area (Å²) in [6.45, 7) is 10.5. The fourth-order valence-electron chi connectivity index (χ4n) is 1.28. The Labute approximate surface area is 115 Å². The molecule has 0 aliphatic rings. The second-order valence-electron chi connectivity index (χ2n) is 5.29. The van der Waals surface area contributed by atoms with Gasteiger partial charge in [-0.05, 0) is 34.6 Å². The van der Waals surface area contributed by atoms with Gasteiger partial charge in [-0.1, -0.05) is 0 Å². The van der Waals surface area contributed by atoms with Gasteiger partial charge < -0.3 is 20.1 Å². The van der Waals surface area contributed by atoms with Crippen molar-refractivity contribution in [2.24, 2.45) is 0 Å². The summed E-state index contributed by atoms with van der Waals surface area (Å²) in [5.41, 5.74) is -0.495. The zero-order chi connectivity index (χ0) is 14.9. The molecule has 19 heavy (non-hydrogen) atoms. The van der Waals surface area contributed by atoms with Crippen LogP contribution in [0.25, 0.3) is 0 Å². The molecular formula is C13H26N2O4. The minimum absolute atomic E-state index is 0.0574. The lowest BCUT2D eigenvalue weighted by molar-refractivity contribution is -0.143. The predicted octanol–water partition coefficient (Wildman–Crippen LogP) is 1.44. The fraction of sp³-hybridized carbons (Fsp3) is 0.846. The first-order chi connectivity index (χ1) is 8.74. The number of rotatable bonds is 7. The highest BCUT2D eigenvalue weighted by Crippen LogP contribution is 2.06. The molecule has 6 heteroatoms. The molecule has 0 aromatic carbocycles. The first-order valence-electron chi connectivity index (χ1n) is 6.60. The Kier molecular flexibility index (Phi) is 8.14. The number of alkyl carbamates (subject to hydrolysis) is 1. The molecule has 1 amide bonds. The lowest BCUT2D eigenvalue weighted by Gasteiger charge is -2.21. The number of hydrogen-bond acceptors (Lipinski definition) is 5. The number of carbonyl (C=O) groups is 2. The van der Waals surface area contributed by atoms with Gasteiger partial charge in [0, 0.05) is 19.1 Å². The van der Waals surface area contributed by atoms with E-state index >= 15 is 0 Å². The van der Waals surface area contributed by atoms with Crippen LogP contribution < -0.4 is 10.6 Å².